The van der Waals surface area contributed by atoms with E-state index >= 15 is 0 Å². The van der Waals surface area contributed by atoms with Crippen LogP contribution >= 0.6 is 0 Å². The minimum atomic E-state index is -0.00527. The Hall–Kier alpha value is -2.33. The summed E-state index contributed by atoms with van der Waals surface area (Å²) in [4.78, 5) is 13.8. The van der Waals surface area contributed by atoms with Gasteiger partial charge in [0.15, 0.2) is 6.04 Å². The number of amides is 1. The lowest BCUT2D eigenvalue weighted by Gasteiger charge is -2.28. The molecule has 0 unspecified atom stereocenters. The van der Waals surface area contributed by atoms with Gasteiger partial charge in [-0.3, -0.25) is 4.79 Å². The molecule has 1 saturated heterocycles. The molecular formula is C21H27N2O2+. The normalized spacial score (nSPS) is 16.2. The molecule has 0 radical (unpaired) electrons. The van der Waals surface area contributed by atoms with Crippen molar-refractivity contribution in [3.63, 3.8) is 0 Å². The van der Waals surface area contributed by atoms with Crippen LogP contribution in [0.1, 0.15) is 31.7 Å². The standard InChI is InChI=1S/C21H26N2O2/c1-17(23-14-6-3-7-15-23)21(24)22-19-10-12-20(13-11-19)25-16-18-8-4-2-5-9-18/h2,4-5,8-13,17H,3,6-7,14-16H2,1H3,(H,22,24)/p+1/t17-/m1/s1. The molecule has 0 aromatic heterocycles. The van der Waals surface area contributed by atoms with Crippen molar-refractivity contribution in [1.82, 2.24) is 0 Å². The van der Waals surface area contributed by atoms with Gasteiger partial charge in [0.2, 0.25) is 0 Å². The van der Waals surface area contributed by atoms with E-state index in [0.29, 0.717) is 6.61 Å². The van der Waals surface area contributed by atoms with Crippen LogP contribution < -0.4 is 15.0 Å². The number of piperidine rings is 1. The third-order valence-corrected chi connectivity index (χ3v) is 4.87. The molecule has 1 aliphatic rings. The van der Waals surface area contributed by atoms with Gasteiger partial charge in [-0.25, -0.2) is 0 Å². The van der Waals surface area contributed by atoms with Gasteiger partial charge in [0.1, 0.15) is 12.4 Å². The summed E-state index contributed by atoms with van der Waals surface area (Å²) >= 11 is 0. The molecular weight excluding hydrogens is 312 g/mol. The zero-order chi connectivity index (χ0) is 17.5. The monoisotopic (exact) mass is 339 g/mol. The van der Waals surface area contributed by atoms with Crippen LogP contribution in [0.5, 0.6) is 5.75 Å². The smallest absolute Gasteiger partial charge is 0.282 e. The van der Waals surface area contributed by atoms with E-state index in [1.54, 1.807) is 0 Å². The quantitative estimate of drug-likeness (QED) is 0.850. The summed E-state index contributed by atoms with van der Waals surface area (Å²) in [6, 6.07) is 17.7. The average molecular weight is 339 g/mol. The van der Waals surface area contributed by atoms with E-state index in [1.807, 2.05) is 61.5 Å². The Kier molecular flexibility index (Phi) is 6.07. The van der Waals surface area contributed by atoms with Gasteiger partial charge in [-0.15, -0.1) is 0 Å². The highest BCUT2D eigenvalue weighted by atomic mass is 16.5. The van der Waals surface area contributed by atoms with Gasteiger partial charge in [0.25, 0.3) is 5.91 Å². The topological polar surface area (TPSA) is 42.8 Å². The van der Waals surface area contributed by atoms with E-state index in [0.717, 1.165) is 30.1 Å². The molecule has 2 N–H and O–H groups in total. The minimum absolute atomic E-state index is 0.00527. The second-order valence-corrected chi connectivity index (χ2v) is 6.73. The summed E-state index contributed by atoms with van der Waals surface area (Å²) in [5.41, 5.74) is 1.96. The summed E-state index contributed by atoms with van der Waals surface area (Å²) in [5, 5.41) is 3.02. The molecule has 1 atom stereocenters. The molecule has 132 valence electrons. The second-order valence-electron chi connectivity index (χ2n) is 6.73. The van der Waals surface area contributed by atoms with Crippen LogP contribution in [-0.2, 0) is 11.4 Å². The number of carbonyl (C=O) groups is 1. The van der Waals surface area contributed by atoms with Gasteiger partial charge >= 0.3 is 0 Å². The van der Waals surface area contributed by atoms with Gasteiger partial charge in [0, 0.05) is 5.69 Å². The summed E-state index contributed by atoms with van der Waals surface area (Å²) in [5.74, 6) is 0.895. The van der Waals surface area contributed by atoms with Gasteiger partial charge in [0.05, 0.1) is 13.1 Å². The predicted octanol–water partition coefficient (Wildman–Crippen LogP) is 2.66. The van der Waals surface area contributed by atoms with Gasteiger partial charge < -0.3 is 15.0 Å². The van der Waals surface area contributed by atoms with Crippen molar-refractivity contribution in [1.29, 1.82) is 0 Å². The van der Waals surface area contributed by atoms with E-state index in [-0.39, 0.29) is 11.9 Å². The van der Waals surface area contributed by atoms with Gasteiger partial charge in [-0.2, -0.15) is 0 Å². The number of ether oxygens (including phenoxy) is 1. The summed E-state index contributed by atoms with van der Waals surface area (Å²) in [6.45, 7) is 4.76. The first-order valence-electron chi connectivity index (χ1n) is 9.14. The number of carbonyl (C=O) groups excluding carboxylic acids is 1. The van der Waals surface area contributed by atoms with Crippen molar-refractivity contribution in [2.45, 2.75) is 38.8 Å². The maximum atomic E-state index is 12.4. The molecule has 1 heterocycles. The number of rotatable bonds is 6. The van der Waals surface area contributed by atoms with Crippen LogP contribution in [0.2, 0.25) is 0 Å². The van der Waals surface area contributed by atoms with Crippen molar-refractivity contribution in [3.8, 4) is 5.75 Å². The average Bonchev–Trinajstić information content (AvgIpc) is 2.68. The molecule has 25 heavy (non-hydrogen) atoms. The molecule has 1 aliphatic heterocycles. The molecule has 4 heteroatoms. The summed E-state index contributed by atoms with van der Waals surface area (Å²) in [6.07, 6.45) is 3.74. The van der Waals surface area contributed by atoms with Crippen molar-refractivity contribution >= 4 is 11.6 Å². The third kappa shape index (κ3) is 5.07. The van der Waals surface area contributed by atoms with Crippen molar-refractivity contribution in [3.05, 3.63) is 60.2 Å². The highest BCUT2D eigenvalue weighted by molar-refractivity contribution is 5.93. The highest BCUT2D eigenvalue weighted by Crippen LogP contribution is 2.17. The Morgan fingerprint density at radius 1 is 1.04 bits per heavy atom. The van der Waals surface area contributed by atoms with Crippen molar-refractivity contribution in [2.24, 2.45) is 0 Å². The number of benzene rings is 2. The van der Waals surface area contributed by atoms with Gasteiger partial charge in [-0.05, 0) is 56.0 Å². The molecule has 0 aliphatic carbocycles. The van der Waals surface area contributed by atoms with E-state index in [2.05, 4.69) is 5.32 Å². The minimum Gasteiger partial charge on any atom is -0.489 e. The summed E-state index contributed by atoms with van der Waals surface area (Å²) in [7, 11) is 0. The Morgan fingerprint density at radius 3 is 2.40 bits per heavy atom. The molecule has 0 bridgehead atoms. The first-order chi connectivity index (χ1) is 12.2. The Bertz CT molecular complexity index is 664. The molecule has 0 saturated carbocycles. The summed E-state index contributed by atoms with van der Waals surface area (Å²) < 4.78 is 5.78. The molecule has 0 spiro atoms. The lowest BCUT2D eigenvalue weighted by atomic mass is 10.1. The van der Waals surface area contributed by atoms with Crippen LogP contribution in [0.25, 0.3) is 0 Å². The SMILES string of the molecule is C[C@H](C(=O)Nc1ccc(OCc2ccccc2)cc1)[NH+]1CCCCC1. The molecule has 4 nitrogen and oxygen atoms in total. The fourth-order valence-corrected chi connectivity index (χ4v) is 3.25. The molecule has 3 rings (SSSR count). The number of nitrogens with one attached hydrogen (secondary N) is 2. The first-order valence-corrected chi connectivity index (χ1v) is 9.14. The predicted molar refractivity (Wildman–Crippen MR) is 99.9 cm³/mol. The lowest BCUT2D eigenvalue weighted by molar-refractivity contribution is -0.918. The van der Waals surface area contributed by atoms with Crippen LogP contribution in [0.4, 0.5) is 5.69 Å². The number of hydrogen-bond acceptors (Lipinski definition) is 2. The Morgan fingerprint density at radius 2 is 1.72 bits per heavy atom. The Labute approximate surface area is 149 Å². The maximum Gasteiger partial charge on any atom is 0.282 e. The molecule has 1 amide bonds. The largest absolute Gasteiger partial charge is 0.489 e. The number of anilines is 1. The van der Waals surface area contributed by atoms with Crippen LogP contribution in [-0.4, -0.2) is 25.0 Å². The molecule has 2 aromatic rings. The number of quaternary nitrogens is 1. The number of hydrogen-bond donors (Lipinski definition) is 2. The lowest BCUT2D eigenvalue weighted by Crippen LogP contribution is -3.17. The zero-order valence-corrected chi connectivity index (χ0v) is 14.8. The highest BCUT2D eigenvalue weighted by Gasteiger charge is 2.26. The molecule has 1 fully saturated rings. The van der Waals surface area contributed by atoms with Crippen molar-refractivity contribution in [2.75, 3.05) is 18.4 Å². The number of likely N-dealkylation sites (tertiary alicyclic amines) is 1. The Balaban J connectivity index is 1.50. The van der Waals surface area contributed by atoms with Crippen LogP contribution in [0.15, 0.2) is 54.6 Å². The van der Waals surface area contributed by atoms with E-state index in [9.17, 15) is 4.79 Å². The zero-order valence-electron chi connectivity index (χ0n) is 14.8. The fourth-order valence-electron chi connectivity index (χ4n) is 3.25. The van der Waals surface area contributed by atoms with E-state index < -0.39 is 0 Å². The van der Waals surface area contributed by atoms with E-state index in [1.165, 1.54) is 24.2 Å². The van der Waals surface area contributed by atoms with Gasteiger partial charge in [-0.1, -0.05) is 30.3 Å². The third-order valence-electron chi connectivity index (χ3n) is 4.87. The second kappa shape index (κ2) is 8.67. The van der Waals surface area contributed by atoms with Crippen molar-refractivity contribution < 1.29 is 14.4 Å². The fraction of sp³-hybridized carbons (Fsp3) is 0.381. The first kappa shape index (κ1) is 17.5. The van der Waals surface area contributed by atoms with Crippen LogP contribution in [0.3, 0.4) is 0 Å². The molecule has 2 aromatic carbocycles. The van der Waals surface area contributed by atoms with Crippen LogP contribution in [0, 0.1) is 0 Å². The van der Waals surface area contributed by atoms with E-state index in [4.69, 9.17) is 4.74 Å². The maximum absolute atomic E-state index is 12.4.